The van der Waals surface area contributed by atoms with Crippen LogP contribution in [-0.2, 0) is 11.2 Å². The van der Waals surface area contributed by atoms with Gasteiger partial charge in [-0.15, -0.1) is 0 Å². The Kier molecular flexibility index (Phi) is 5.60. The number of hydrogen-bond donors (Lipinski definition) is 1. The van der Waals surface area contributed by atoms with Crippen molar-refractivity contribution in [2.45, 2.75) is 26.2 Å². The first-order valence-electron chi connectivity index (χ1n) is 8.22. The third-order valence-electron chi connectivity index (χ3n) is 3.75. The van der Waals surface area contributed by atoms with E-state index in [4.69, 9.17) is 4.42 Å². The van der Waals surface area contributed by atoms with Gasteiger partial charge >= 0.3 is 0 Å². The number of rotatable bonds is 7. The smallest absolute Gasteiger partial charge is 0.227 e. The molecule has 2 aromatic heterocycles. The summed E-state index contributed by atoms with van der Waals surface area (Å²) in [5.41, 5.74) is 2.16. The van der Waals surface area contributed by atoms with Gasteiger partial charge in [0, 0.05) is 23.1 Å². The Labute approximate surface area is 149 Å². The molecular formula is C19H19FN2O2S. The molecule has 0 aliphatic rings. The lowest BCUT2D eigenvalue weighted by Crippen LogP contribution is -2.26. The van der Waals surface area contributed by atoms with E-state index in [2.05, 4.69) is 17.2 Å². The normalized spacial score (nSPS) is 10.8. The van der Waals surface area contributed by atoms with Crippen LogP contribution in [0.3, 0.4) is 0 Å². The molecule has 6 heteroatoms. The number of amides is 1. The molecule has 2 heterocycles. The second-order valence-corrected chi connectivity index (χ2v) is 6.47. The lowest BCUT2D eigenvalue weighted by molar-refractivity contribution is -0.120. The van der Waals surface area contributed by atoms with E-state index in [-0.39, 0.29) is 18.1 Å². The van der Waals surface area contributed by atoms with E-state index in [0.29, 0.717) is 29.5 Å². The predicted molar refractivity (Wildman–Crippen MR) is 96.8 cm³/mol. The van der Waals surface area contributed by atoms with Crippen LogP contribution < -0.4 is 5.32 Å². The number of hydrogen-bond acceptors (Lipinski definition) is 4. The largest absolute Gasteiger partial charge is 0.436 e. The second kappa shape index (κ2) is 8.07. The summed E-state index contributed by atoms with van der Waals surface area (Å²) < 4.78 is 19.0. The van der Waals surface area contributed by atoms with Gasteiger partial charge in [-0.3, -0.25) is 4.79 Å². The molecule has 0 saturated carbocycles. The maximum Gasteiger partial charge on any atom is 0.227 e. The number of carbonyl (C=O) groups excluding carboxylic acids is 1. The van der Waals surface area contributed by atoms with Crippen molar-refractivity contribution in [3.8, 4) is 22.8 Å². The zero-order valence-corrected chi connectivity index (χ0v) is 14.7. The zero-order valence-electron chi connectivity index (χ0n) is 13.9. The maximum absolute atomic E-state index is 13.1. The van der Waals surface area contributed by atoms with Crippen LogP contribution in [0.4, 0.5) is 4.39 Å². The topological polar surface area (TPSA) is 55.1 Å². The molecule has 4 nitrogen and oxygen atoms in total. The van der Waals surface area contributed by atoms with Gasteiger partial charge in [-0.2, -0.15) is 11.3 Å². The van der Waals surface area contributed by atoms with Crippen LogP contribution in [0.25, 0.3) is 22.8 Å². The minimum absolute atomic E-state index is 0.0797. The highest BCUT2D eigenvalue weighted by Gasteiger charge is 2.19. The fourth-order valence-electron chi connectivity index (χ4n) is 2.43. The summed E-state index contributed by atoms with van der Waals surface area (Å²) in [6.07, 6.45) is 2.13. The molecule has 0 radical (unpaired) electrons. The number of thiophene rings is 1. The molecule has 0 aliphatic heterocycles. The van der Waals surface area contributed by atoms with Gasteiger partial charge in [-0.25, -0.2) is 9.37 Å². The third-order valence-corrected chi connectivity index (χ3v) is 4.44. The van der Waals surface area contributed by atoms with Crippen LogP contribution in [0.15, 0.2) is 45.5 Å². The molecule has 0 saturated heterocycles. The first-order valence-corrected chi connectivity index (χ1v) is 9.16. The summed E-state index contributed by atoms with van der Waals surface area (Å²) >= 11 is 1.55. The molecule has 0 unspecified atom stereocenters. The first kappa shape index (κ1) is 17.4. The van der Waals surface area contributed by atoms with Gasteiger partial charge in [-0.05, 0) is 42.1 Å². The molecule has 0 bridgehead atoms. The molecule has 25 heavy (non-hydrogen) atoms. The van der Waals surface area contributed by atoms with Crippen molar-refractivity contribution in [1.29, 1.82) is 0 Å². The van der Waals surface area contributed by atoms with Crippen LogP contribution in [0.2, 0.25) is 0 Å². The molecule has 0 fully saturated rings. The van der Waals surface area contributed by atoms with E-state index in [1.165, 1.54) is 12.1 Å². The summed E-state index contributed by atoms with van der Waals surface area (Å²) in [7, 11) is 0. The van der Waals surface area contributed by atoms with Crippen molar-refractivity contribution in [1.82, 2.24) is 10.3 Å². The van der Waals surface area contributed by atoms with E-state index in [1.807, 2.05) is 16.8 Å². The second-order valence-electron chi connectivity index (χ2n) is 5.69. The van der Waals surface area contributed by atoms with Crippen LogP contribution in [-0.4, -0.2) is 17.4 Å². The predicted octanol–water partition coefficient (Wildman–Crippen LogP) is 4.67. The fraction of sp³-hybridized carbons (Fsp3) is 0.263. The van der Waals surface area contributed by atoms with E-state index in [9.17, 15) is 9.18 Å². The van der Waals surface area contributed by atoms with Gasteiger partial charge < -0.3 is 9.73 Å². The minimum Gasteiger partial charge on any atom is -0.436 e. The van der Waals surface area contributed by atoms with Crippen molar-refractivity contribution in [3.63, 3.8) is 0 Å². The van der Waals surface area contributed by atoms with Gasteiger partial charge in [0.1, 0.15) is 5.82 Å². The average molecular weight is 358 g/mol. The maximum atomic E-state index is 13.1. The summed E-state index contributed by atoms with van der Waals surface area (Å²) in [6.45, 7) is 2.74. The molecule has 0 spiro atoms. The molecule has 1 N–H and O–H groups in total. The zero-order chi connectivity index (χ0) is 17.6. The number of aromatic nitrogens is 1. The van der Waals surface area contributed by atoms with Gasteiger partial charge in [0.25, 0.3) is 0 Å². The first-order chi connectivity index (χ1) is 12.2. The van der Waals surface area contributed by atoms with Gasteiger partial charge in [0.05, 0.1) is 12.1 Å². The molecule has 0 atom stereocenters. The highest BCUT2D eigenvalue weighted by atomic mass is 32.1. The van der Waals surface area contributed by atoms with Crippen LogP contribution >= 0.6 is 11.3 Å². The monoisotopic (exact) mass is 358 g/mol. The summed E-state index contributed by atoms with van der Waals surface area (Å²) in [6, 6.07) is 7.88. The molecular weight excluding hydrogens is 339 g/mol. The summed E-state index contributed by atoms with van der Waals surface area (Å²) in [4.78, 5) is 16.6. The molecule has 3 aromatic rings. The fourth-order valence-corrected chi connectivity index (χ4v) is 3.06. The van der Waals surface area contributed by atoms with E-state index in [1.54, 1.807) is 23.5 Å². The third kappa shape index (κ3) is 4.33. The van der Waals surface area contributed by atoms with Crippen molar-refractivity contribution in [3.05, 3.63) is 52.6 Å². The minimum atomic E-state index is -0.316. The summed E-state index contributed by atoms with van der Waals surface area (Å²) in [5.74, 6) is 0.580. The Balaban J connectivity index is 1.87. The Bertz CT molecular complexity index is 826. The number of oxazole rings is 1. The number of carbonyl (C=O) groups is 1. The molecule has 1 aromatic carbocycles. The quantitative estimate of drug-likeness (QED) is 0.625. The number of unbranched alkanes of at least 4 members (excludes halogenated alkanes) is 1. The van der Waals surface area contributed by atoms with Crippen LogP contribution in [0.1, 0.15) is 25.5 Å². The van der Waals surface area contributed by atoms with Gasteiger partial charge in [-0.1, -0.05) is 13.3 Å². The van der Waals surface area contributed by atoms with Crippen molar-refractivity contribution in [2.24, 2.45) is 0 Å². The van der Waals surface area contributed by atoms with Gasteiger partial charge in [0.15, 0.2) is 5.76 Å². The van der Waals surface area contributed by atoms with Gasteiger partial charge in [0.2, 0.25) is 11.8 Å². The molecule has 130 valence electrons. The highest BCUT2D eigenvalue weighted by Crippen LogP contribution is 2.31. The van der Waals surface area contributed by atoms with Crippen LogP contribution in [0, 0.1) is 5.82 Å². The number of halogens is 1. The van der Waals surface area contributed by atoms with Crippen LogP contribution in [0.5, 0.6) is 0 Å². The Morgan fingerprint density at radius 3 is 2.72 bits per heavy atom. The van der Waals surface area contributed by atoms with Crippen molar-refractivity contribution in [2.75, 3.05) is 6.54 Å². The van der Waals surface area contributed by atoms with Crippen molar-refractivity contribution < 1.29 is 13.6 Å². The average Bonchev–Trinajstić information content (AvgIpc) is 3.25. The highest BCUT2D eigenvalue weighted by molar-refractivity contribution is 7.08. The molecule has 3 rings (SSSR count). The standard InChI is InChI=1S/C19H19FN2O2S/c1-2-3-9-21-17(23)11-16-18(14-8-10-25-12-14)24-19(22-16)13-4-6-15(20)7-5-13/h4-8,10,12H,2-3,9,11H2,1H3,(H,21,23). The number of benzene rings is 1. The lowest BCUT2D eigenvalue weighted by atomic mass is 10.1. The Morgan fingerprint density at radius 2 is 2.04 bits per heavy atom. The molecule has 0 aliphatic carbocycles. The van der Waals surface area contributed by atoms with E-state index in [0.717, 1.165) is 18.4 Å². The van der Waals surface area contributed by atoms with E-state index < -0.39 is 0 Å². The molecule has 1 amide bonds. The lowest BCUT2D eigenvalue weighted by Gasteiger charge is -2.03. The SMILES string of the molecule is CCCCNC(=O)Cc1nc(-c2ccc(F)cc2)oc1-c1ccsc1. The number of nitrogens with zero attached hydrogens (tertiary/aromatic N) is 1. The summed E-state index contributed by atoms with van der Waals surface area (Å²) in [5, 5.41) is 6.79. The van der Waals surface area contributed by atoms with Crippen molar-refractivity contribution >= 4 is 17.2 Å². The van der Waals surface area contributed by atoms with E-state index >= 15 is 0 Å². The Hall–Kier alpha value is -2.47. The number of nitrogens with one attached hydrogen (secondary N) is 1. The Morgan fingerprint density at radius 1 is 1.24 bits per heavy atom.